The van der Waals surface area contributed by atoms with E-state index in [1.807, 2.05) is 12.3 Å². The molecule has 2 aromatic rings. The molecule has 3 heterocycles. The molecule has 1 N–H and O–H groups in total. The highest BCUT2D eigenvalue weighted by molar-refractivity contribution is 7.15. The van der Waals surface area contributed by atoms with Gasteiger partial charge >= 0.3 is 0 Å². The highest BCUT2D eigenvalue weighted by Crippen LogP contribution is 2.26. The topological polar surface area (TPSA) is 40.6 Å². The molecule has 2 aliphatic rings. The number of halogens is 1. The Morgan fingerprint density at radius 2 is 2.15 bits per heavy atom. The molecule has 2 fully saturated rings. The van der Waals surface area contributed by atoms with Crippen LogP contribution < -0.4 is 10.2 Å². The van der Waals surface area contributed by atoms with Gasteiger partial charge < -0.3 is 15.0 Å². The number of nitrogens with one attached hydrogen (secondary N) is 1. The summed E-state index contributed by atoms with van der Waals surface area (Å²) in [5, 5.41) is 4.58. The number of aromatic nitrogens is 1. The van der Waals surface area contributed by atoms with Crippen LogP contribution in [0.15, 0.2) is 30.5 Å². The van der Waals surface area contributed by atoms with Gasteiger partial charge in [0, 0.05) is 49.0 Å². The van der Waals surface area contributed by atoms with Crippen LogP contribution in [0.25, 0.3) is 0 Å². The van der Waals surface area contributed by atoms with Crippen molar-refractivity contribution in [2.24, 2.45) is 0 Å². The number of rotatable bonds is 5. The molecule has 0 saturated carbocycles. The second-order valence-electron chi connectivity index (χ2n) is 6.94. The summed E-state index contributed by atoms with van der Waals surface area (Å²) in [5.74, 6) is -0.192. The summed E-state index contributed by atoms with van der Waals surface area (Å²) in [5.41, 5.74) is 0.865. The number of morpholine rings is 1. The van der Waals surface area contributed by atoms with Crippen molar-refractivity contribution in [2.75, 3.05) is 49.6 Å². The van der Waals surface area contributed by atoms with Crippen LogP contribution >= 0.6 is 11.3 Å². The second-order valence-corrected chi connectivity index (χ2v) is 8.03. The van der Waals surface area contributed by atoms with Crippen LogP contribution in [0.5, 0.6) is 0 Å². The first-order valence-corrected chi connectivity index (χ1v) is 10.1. The van der Waals surface area contributed by atoms with Crippen LogP contribution in [0.4, 0.5) is 15.2 Å². The number of ether oxygens (including phenoxy) is 1. The van der Waals surface area contributed by atoms with Crippen LogP contribution in [-0.2, 0) is 11.3 Å². The van der Waals surface area contributed by atoms with Crippen molar-refractivity contribution in [2.45, 2.75) is 25.4 Å². The van der Waals surface area contributed by atoms with Crippen molar-refractivity contribution in [3.8, 4) is 0 Å². The summed E-state index contributed by atoms with van der Waals surface area (Å²) >= 11 is 1.79. The fraction of sp³-hybridized carbons (Fsp3) is 0.526. The van der Waals surface area contributed by atoms with Gasteiger partial charge in [0.05, 0.1) is 13.2 Å². The lowest BCUT2D eigenvalue weighted by Gasteiger charge is -2.33. The number of nitrogens with zero attached hydrogens (tertiary/aromatic N) is 3. The minimum Gasteiger partial charge on any atom is -0.381 e. The van der Waals surface area contributed by atoms with Gasteiger partial charge in [-0.1, -0.05) is 6.07 Å². The lowest BCUT2D eigenvalue weighted by atomic mass is 10.1. The van der Waals surface area contributed by atoms with E-state index in [0.717, 1.165) is 69.6 Å². The first-order valence-electron chi connectivity index (χ1n) is 9.28. The number of anilines is 2. The Balaban J connectivity index is 1.32. The molecule has 7 heteroatoms. The number of hydrogen-bond donors (Lipinski definition) is 1. The highest BCUT2D eigenvalue weighted by Gasteiger charge is 2.21. The Morgan fingerprint density at radius 1 is 1.27 bits per heavy atom. The molecule has 1 aromatic heterocycles. The molecule has 1 aromatic carbocycles. The molecule has 2 saturated heterocycles. The van der Waals surface area contributed by atoms with E-state index in [1.165, 1.54) is 10.9 Å². The maximum Gasteiger partial charge on any atom is 0.185 e. The average Bonchev–Trinajstić information content (AvgIpc) is 3.11. The SMILES string of the molecule is Fc1cccc(N[C@@H]2CCCN(Cc3cnc(N4CCOCC4)s3)C2)c1. The van der Waals surface area contributed by atoms with Gasteiger partial charge in [0.1, 0.15) is 5.82 Å². The first-order chi connectivity index (χ1) is 12.8. The molecule has 4 rings (SSSR count). The third kappa shape index (κ3) is 4.52. The zero-order valence-electron chi connectivity index (χ0n) is 14.9. The van der Waals surface area contributed by atoms with Crippen LogP contribution in [-0.4, -0.2) is 55.3 Å². The third-order valence-electron chi connectivity index (χ3n) is 4.90. The molecule has 2 aliphatic heterocycles. The van der Waals surface area contributed by atoms with Gasteiger partial charge in [-0.05, 0) is 37.6 Å². The molecule has 140 valence electrons. The Bertz CT molecular complexity index is 719. The van der Waals surface area contributed by atoms with E-state index in [0.29, 0.717) is 6.04 Å². The maximum atomic E-state index is 13.4. The summed E-state index contributed by atoms with van der Waals surface area (Å²) in [4.78, 5) is 10.7. The lowest BCUT2D eigenvalue weighted by Crippen LogP contribution is -2.41. The van der Waals surface area contributed by atoms with Gasteiger partial charge in [0.25, 0.3) is 0 Å². The Morgan fingerprint density at radius 3 is 3.00 bits per heavy atom. The van der Waals surface area contributed by atoms with Gasteiger partial charge in [-0.15, -0.1) is 11.3 Å². The number of thiazole rings is 1. The Labute approximate surface area is 157 Å². The van der Waals surface area contributed by atoms with Crippen LogP contribution in [0.2, 0.25) is 0 Å². The van der Waals surface area contributed by atoms with E-state index in [1.54, 1.807) is 23.5 Å². The normalized spacial score (nSPS) is 21.7. The summed E-state index contributed by atoms with van der Waals surface area (Å²) < 4.78 is 18.8. The van der Waals surface area contributed by atoms with Gasteiger partial charge in [-0.25, -0.2) is 9.37 Å². The van der Waals surface area contributed by atoms with E-state index in [2.05, 4.69) is 20.1 Å². The summed E-state index contributed by atoms with van der Waals surface area (Å²) in [7, 11) is 0. The van der Waals surface area contributed by atoms with Gasteiger partial charge in [-0.2, -0.15) is 0 Å². The zero-order chi connectivity index (χ0) is 17.8. The summed E-state index contributed by atoms with van der Waals surface area (Å²) in [6.07, 6.45) is 4.29. The molecule has 5 nitrogen and oxygen atoms in total. The zero-order valence-corrected chi connectivity index (χ0v) is 15.7. The van der Waals surface area contributed by atoms with E-state index in [4.69, 9.17) is 4.74 Å². The molecule has 0 bridgehead atoms. The van der Waals surface area contributed by atoms with Crippen LogP contribution in [0.1, 0.15) is 17.7 Å². The number of likely N-dealkylation sites (tertiary alicyclic amines) is 1. The first kappa shape index (κ1) is 17.7. The lowest BCUT2D eigenvalue weighted by molar-refractivity contribution is 0.122. The molecule has 26 heavy (non-hydrogen) atoms. The Kier molecular flexibility index (Phi) is 5.67. The third-order valence-corrected chi connectivity index (χ3v) is 5.95. The van der Waals surface area contributed by atoms with Gasteiger partial charge in [0.2, 0.25) is 0 Å². The quantitative estimate of drug-likeness (QED) is 0.868. The number of piperidine rings is 1. The van der Waals surface area contributed by atoms with Crippen molar-refractivity contribution < 1.29 is 9.13 Å². The smallest absolute Gasteiger partial charge is 0.185 e. The van der Waals surface area contributed by atoms with Crippen molar-refractivity contribution in [3.05, 3.63) is 41.2 Å². The fourth-order valence-electron chi connectivity index (χ4n) is 3.62. The molecule has 0 amide bonds. The van der Waals surface area contributed by atoms with Gasteiger partial charge in [-0.3, -0.25) is 4.90 Å². The minimum atomic E-state index is -0.192. The molecule has 0 spiro atoms. The minimum absolute atomic E-state index is 0.192. The van der Waals surface area contributed by atoms with E-state index < -0.39 is 0 Å². The number of hydrogen-bond acceptors (Lipinski definition) is 6. The van der Waals surface area contributed by atoms with Crippen molar-refractivity contribution in [1.82, 2.24) is 9.88 Å². The Hall–Kier alpha value is -1.70. The summed E-state index contributed by atoms with van der Waals surface area (Å²) in [6.45, 7) is 6.44. The van der Waals surface area contributed by atoms with Crippen molar-refractivity contribution >= 4 is 22.2 Å². The highest BCUT2D eigenvalue weighted by atomic mass is 32.1. The predicted octanol–water partition coefficient (Wildman–Crippen LogP) is 3.20. The van der Waals surface area contributed by atoms with Crippen LogP contribution in [0, 0.1) is 5.82 Å². The van der Waals surface area contributed by atoms with E-state index >= 15 is 0 Å². The van der Waals surface area contributed by atoms with Crippen LogP contribution in [0.3, 0.4) is 0 Å². The van der Waals surface area contributed by atoms with Crippen molar-refractivity contribution in [1.29, 1.82) is 0 Å². The number of benzene rings is 1. The fourth-order valence-corrected chi connectivity index (χ4v) is 4.63. The van der Waals surface area contributed by atoms with Crippen molar-refractivity contribution in [3.63, 3.8) is 0 Å². The molecule has 0 unspecified atom stereocenters. The molecule has 0 aliphatic carbocycles. The largest absolute Gasteiger partial charge is 0.381 e. The molecule has 1 atom stereocenters. The molecular weight excluding hydrogens is 351 g/mol. The van der Waals surface area contributed by atoms with Gasteiger partial charge in [0.15, 0.2) is 5.13 Å². The summed E-state index contributed by atoms with van der Waals surface area (Å²) in [6, 6.07) is 7.09. The average molecular weight is 377 g/mol. The molecule has 0 radical (unpaired) electrons. The van der Waals surface area contributed by atoms with E-state index in [9.17, 15) is 4.39 Å². The maximum absolute atomic E-state index is 13.4. The molecular formula is C19H25FN4OS. The monoisotopic (exact) mass is 376 g/mol. The van der Waals surface area contributed by atoms with E-state index in [-0.39, 0.29) is 5.82 Å². The standard InChI is InChI=1S/C19H25FN4OS/c20-15-3-1-4-16(11-15)22-17-5-2-6-23(13-17)14-18-12-21-19(26-18)24-7-9-25-10-8-24/h1,3-4,11-12,17,22H,2,5-10,13-14H2/t17-/m1/s1. The predicted molar refractivity (Wildman–Crippen MR) is 103 cm³/mol. The second kappa shape index (κ2) is 8.33.